The van der Waals surface area contributed by atoms with Crippen LogP contribution in [0.1, 0.15) is 26.2 Å². The van der Waals surface area contributed by atoms with E-state index in [-0.39, 0.29) is 5.91 Å². The fourth-order valence-electron chi connectivity index (χ4n) is 2.07. The number of nitrogens with zero attached hydrogens (tertiary/aromatic N) is 1. The largest absolute Gasteiger partial charge is 0.383 e. The first kappa shape index (κ1) is 13.5. The molecule has 1 saturated heterocycles. The van der Waals surface area contributed by atoms with E-state index < -0.39 is 0 Å². The monoisotopic (exact) mass is 228 g/mol. The minimum atomic E-state index is 0.227. The third-order valence-electron chi connectivity index (χ3n) is 3.30. The van der Waals surface area contributed by atoms with E-state index in [0.29, 0.717) is 13.2 Å². The van der Waals surface area contributed by atoms with Gasteiger partial charge in [0.05, 0.1) is 13.2 Å². The van der Waals surface area contributed by atoms with Crippen molar-refractivity contribution in [1.82, 2.24) is 10.2 Å². The Bertz CT molecular complexity index is 201. The highest BCUT2D eigenvalue weighted by Gasteiger charge is 2.20. The maximum atomic E-state index is 11.8. The van der Waals surface area contributed by atoms with Crippen LogP contribution in [0.15, 0.2) is 0 Å². The molecule has 1 heterocycles. The van der Waals surface area contributed by atoms with E-state index in [1.54, 1.807) is 7.11 Å². The second-order valence-corrected chi connectivity index (χ2v) is 4.40. The smallest absolute Gasteiger partial charge is 0.236 e. The van der Waals surface area contributed by atoms with Crippen LogP contribution in [0.3, 0.4) is 0 Å². The quantitative estimate of drug-likeness (QED) is 0.686. The number of nitrogens with one attached hydrogen (secondary N) is 1. The third-order valence-corrected chi connectivity index (χ3v) is 3.30. The van der Waals surface area contributed by atoms with E-state index in [1.165, 1.54) is 19.3 Å². The number of amides is 1. The van der Waals surface area contributed by atoms with Crippen LogP contribution in [0, 0.1) is 5.92 Å². The Morgan fingerprint density at radius 3 is 2.69 bits per heavy atom. The van der Waals surface area contributed by atoms with Crippen LogP contribution in [-0.4, -0.2) is 50.7 Å². The van der Waals surface area contributed by atoms with Gasteiger partial charge in [-0.05, 0) is 18.8 Å². The highest BCUT2D eigenvalue weighted by molar-refractivity contribution is 5.78. The molecule has 0 aromatic rings. The molecule has 94 valence electrons. The molecule has 0 spiro atoms. The summed E-state index contributed by atoms with van der Waals surface area (Å²) in [6.45, 7) is 5.94. The highest BCUT2D eigenvalue weighted by atomic mass is 16.5. The standard InChI is InChI=1S/C12H24N2O2/c1-3-11-4-7-14(8-5-11)12(15)10-13-6-9-16-2/h11,13H,3-10H2,1-2H3. The Kier molecular flexibility index (Phi) is 6.42. The van der Waals surface area contributed by atoms with E-state index in [0.717, 1.165) is 25.6 Å². The average Bonchev–Trinajstić information content (AvgIpc) is 2.34. The van der Waals surface area contributed by atoms with Crippen molar-refractivity contribution in [3.05, 3.63) is 0 Å². The molecule has 0 unspecified atom stereocenters. The maximum absolute atomic E-state index is 11.8. The predicted molar refractivity (Wildman–Crippen MR) is 64.3 cm³/mol. The van der Waals surface area contributed by atoms with Crippen molar-refractivity contribution >= 4 is 5.91 Å². The lowest BCUT2D eigenvalue weighted by atomic mass is 9.94. The normalized spacial score (nSPS) is 17.8. The zero-order valence-electron chi connectivity index (χ0n) is 10.5. The molecule has 4 heteroatoms. The van der Waals surface area contributed by atoms with Gasteiger partial charge in [-0.2, -0.15) is 0 Å². The summed E-state index contributed by atoms with van der Waals surface area (Å²) in [5, 5.41) is 3.09. The lowest BCUT2D eigenvalue weighted by Gasteiger charge is -2.31. The molecular formula is C12H24N2O2. The number of likely N-dealkylation sites (tertiary alicyclic amines) is 1. The van der Waals surface area contributed by atoms with Gasteiger partial charge in [-0.3, -0.25) is 4.79 Å². The van der Waals surface area contributed by atoms with Crippen LogP contribution in [0.5, 0.6) is 0 Å². The van der Waals surface area contributed by atoms with Gasteiger partial charge >= 0.3 is 0 Å². The molecule has 0 aromatic carbocycles. The summed E-state index contributed by atoms with van der Waals surface area (Å²) in [6.07, 6.45) is 3.58. The first-order valence-corrected chi connectivity index (χ1v) is 6.25. The molecule has 1 rings (SSSR count). The topological polar surface area (TPSA) is 41.6 Å². The zero-order valence-corrected chi connectivity index (χ0v) is 10.5. The molecule has 1 fully saturated rings. The first-order chi connectivity index (χ1) is 7.77. The highest BCUT2D eigenvalue weighted by Crippen LogP contribution is 2.19. The van der Waals surface area contributed by atoms with Gasteiger partial charge in [0.15, 0.2) is 0 Å². The molecule has 16 heavy (non-hydrogen) atoms. The van der Waals surface area contributed by atoms with Crippen molar-refractivity contribution in [2.24, 2.45) is 5.92 Å². The van der Waals surface area contributed by atoms with Crippen LogP contribution in [-0.2, 0) is 9.53 Å². The van der Waals surface area contributed by atoms with Crippen molar-refractivity contribution in [1.29, 1.82) is 0 Å². The van der Waals surface area contributed by atoms with Gasteiger partial charge in [0.25, 0.3) is 0 Å². The van der Waals surface area contributed by atoms with Gasteiger partial charge in [0, 0.05) is 26.7 Å². The summed E-state index contributed by atoms with van der Waals surface area (Å²) in [5.74, 6) is 1.05. The number of ether oxygens (including phenoxy) is 1. The van der Waals surface area contributed by atoms with Crippen molar-refractivity contribution in [2.45, 2.75) is 26.2 Å². The number of rotatable bonds is 6. The van der Waals surface area contributed by atoms with Gasteiger partial charge in [-0.1, -0.05) is 13.3 Å². The summed E-state index contributed by atoms with van der Waals surface area (Å²) >= 11 is 0. The van der Waals surface area contributed by atoms with E-state index in [9.17, 15) is 4.79 Å². The molecule has 1 aliphatic rings. The number of hydrogen-bond donors (Lipinski definition) is 1. The van der Waals surface area contributed by atoms with Crippen LogP contribution < -0.4 is 5.32 Å². The van der Waals surface area contributed by atoms with E-state index >= 15 is 0 Å². The Hall–Kier alpha value is -0.610. The van der Waals surface area contributed by atoms with E-state index in [2.05, 4.69) is 12.2 Å². The number of carbonyl (C=O) groups is 1. The fraction of sp³-hybridized carbons (Fsp3) is 0.917. The molecule has 0 bridgehead atoms. The summed E-state index contributed by atoms with van der Waals surface area (Å²) in [5.41, 5.74) is 0. The molecule has 1 aliphatic heterocycles. The van der Waals surface area contributed by atoms with Gasteiger partial charge in [-0.15, -0.1) is 0 Å². The van der Waals surface area contributed by atoms with Crippen molar-refractivity contribution in [2.75, 3.05) is 39.9 Å². The second-order valence-electron chi connectivity index (χ2n) is 4.40. The number of carbonyl (C=O) groups excluding carboxylic acids is 1. The fourth-order valence-corrected chi connectivity index (χ4v) is 2.07. The molecule has 0 aromatic heterocycles. The first-order valence-electron chi connectivity index (χ1n) is 6.25. The van der Waals surface area contributed by atoms with Gasteiger partial charge < -0.3 is 15.0 Å². The van der Waals surface area contributed by atoms with Gasteiger partial charge in [-0.25, -0.2) is 0 Å². The molecule has 1 amide bonds. The molecule has 0 aliphatic carbocycles. The molecule has 0 saturated carbocycles. The zero-order chi connectivity index (χ0) is 11.8. The minimum absolute atomic E-state index is 0.227. The number of piperidine rings is 1. The minimum Gasteiger partial charge on any atom is -0.383 e. The molecule has 0 atom stereocenters. The Balaban J connectivity index is 2.13. The molecule has 1 N–H and O–H groups in total. The predicted octanol–water partition coefficient (Wildman–Crippen LogP) is 0.871. The average molecular weight is 228 g/mol. The van der Waals surface area contributed by atoms with E-state index in [4.69, 9.17) is 4.74 Å². The Morgan fingerprint density at radius 2 is 2.12 bits per heavy atom. The summed E-state index contributed by atoms with van der Waals surface area (Å²) in [7, 11) is 1.67. The van der Waals surface area contributed by atoms with Crippen molar-refractivity contribution < 1.29 is 9.53 Å². The number of hydrogen-bond acceptors (Lipinski definition) is 3. The van der Waals surface area contributed by atoms with E-state index in [1.807, 2.05) is 4.90 Å². The summed E-state index contributed by atoms with van der Waals surface area (Å²) in [4.78, 5) is 13.8. The SMILES string of the molecule is CCC1CCN(C(=O)CNCCOC)CC1. The lowest BCUT2D eigenvalue weighted by molar-refractivity contribution is -0.131. The number of methoxy groups -OCH3 is 1. The lowest BCUT2D eigenvalue weighted by Crippen LogP contribution is -2.43. The van der Waals surface area contributed by atoms with Crippen LogP contribution in [0.4, 0.5) is 0 Å². The Morgan fingerprint density at radius 1 is 1.44 bits per heavy atom. The van der Waals surface area contributed by atoms with Crippen LogP contribution >= 0.6 is 0 Å². The molecule has 4 nitrogen and oxygen atoms in total. The maximum Gasteiger partial charge on any atom is 0.236 e. The second kappa shape index (κ2) is 7.63. The Labute approximate surface area is 98.3 Å². The summed E-state index contributed by atoms with van der Waals surface area (Å²) < 4.78 is 4.91. The summed E-state index contributed by atoms with van der Waals surface area (Å²) in [6, 6.07) is 0. The van der Waals surface area contributed by atoms with Crippen molar-refractivity contribution in [3.63, 3.8) is 0 Å². The van der Waals surface area contributed by atoms with Crippen LogP contribution in [0.25, 0.3) is 0 Å². The third kappa shape index (κ3) is 4.49. The van der Waals surface area contributed by atoms with Crippen molar-refractivity contribution in [3.8, 4) is 0 Å². The van der Waals surface area contributed by atoms with Gasteiger partial charge in [0.1, 0.15) is 0 Å². The molecule has 0 radical (unpaired) electrons. The molecular weight excluding hydrogens is 204 g/mol. The van der Waals surface area contributed by atoms with Crippen LogP contribution in [0.2, 0.25) is 0 Å². The van der Waals surface area contributed by atoms with Gasteiger partial charge in [0.2, 0.25) is 5.91 Å².